The molecule has 344 valence electrons. The van der Waals surface area contributed by atoms with E-state index in [0.717, 1.165) is 18.7 Å². The van der Waals surface area contributed by atoms with Gasteiger partial charge in [0, 0.05) is 6.92 Å². The highest BCUT2D eigenvalue weighted by Gasteiger charge is 2.57. The molecule has 5 rings (SSSR count). The van der Waals surface area contributed by atoms with E-state index in [1.807, 2.05) is 0 Å². The van der Waals surface area contributed by atoms with Crippen LogP contribution < -0.4 is 5.32 Å². The van der Waals surface area contributed by atoms with E-state index in [4.69, 9.17) is 42.6 Å². The van der Waals surface area contributed by atoms with Gasteiger partial charge in [-0.1, -0.05) is 6.92 Å². The number of carbonyl (C=O) groups is 1. The van der Waals surface area contributed by atoms with Crippen LogP contribution in [-0.2, 0) is 47.4 Å². The van der Waals surface area contributed by atoms with E-state index in [2.05, 4.69) is 5.32 Å². The van der Waals surface area contributed by atoms with Gasteiger partial charge < -0.3 is 114 Å². The molecule has 5 heterocycles. The fourth-order valence-electron chi connectivity index (χ4n) is 7.60. The molecular formula is C34H59NO23S. The molecule has 0 aliphatic carbocycles. The third kappa shape index (κ3) is 10.5. The first-order valence-electron chi connectivity index (χ1n) is 19.3. The Morgan fingerprint density at radius 2 is 0.966 bits per heavy atom. The molecule has 0 aromatic carbocycles. The zero-order valence-corrected chi connectivity index (χ0v) is 33.4. The van der Waals surface area contributed by atoms with Crippen molar-refractivity contribution >= 4 is 17.7 Å². The van der Waals surface area contributed by atoms with Gasteiger partial charge in [-0.3, -0.25) is 4.79 Å². The zero-order valence-electron chi connectivity index (χ0n) is 32.6. The number of aliphatic hydroxyl groups excluding tert-OH is 13. The number of ether oxygens (including phenoxy) is 9. The van der Waals surface area contributed by atoms with Crippen molar-refractivity contribution in [3.63, 3.8) is 0 Å². The molecule has 5 saturated heterocycles. The van der Waals surface area contributed by atoms with Crippen molar-refractivity contribution in [1.29, 1.82) is 0 Å². The van der Waals surface area contributed by atoms with Crippen molar-refractivity contribution in [2.45, 2.75) is 180 Å². The fraction of sp³-hybridized carbons (Fsp3) is 0.971. The monoisotopic (exact) mass is 881 g/mol. The molecule has 0 aromatic heterocycles. The summed E-state index contributed by atoms with van der Waals surface area (Å²) >= 11 is 1.15. The SMILES string of the molecule is CCS[C@@H]1O[C@H](CO)[C@@H](O[C@@H]2O[C@H](CO)[C@H](O)[C@H](O[C@@H]3O[C@H](CO)[C@@H](O[C@@H]4O[C@H](C)[C@H](O)[C@H](O)[C@H]4O)[C@H](O[C@@H]4O[C@@H](C)[C@@H](O)[C@@H](O)[C@@H]4O)[C@H]3NC(C)=O)[C@H]2O)[C@H](O)[C@H]1O. The summed E-state index contributed by atoms with van der Waals surface area (Å²) in [6, 6.07) is -1.66. The van der Waals surface area contributed by atoms with Gasteiger partial charge in [-0.15, -0.1) is 11.8 Å². The summed E-state index contributed by atoms with van der Waals surface area (Å²) in [4.78, 5) is 12.8. The normalized spacial score (nSPS) is 51.0. The third-order valence-corrected chi connectivity index (χ3v) is 12.0. The fourth-order valence-corrected chi connectivity index (χ4v) is 8.51. The Hall–Kier alpha value is -1.06. The first-order valence-corrected chi connectivity index (χ1v) is 20.3. The Morgan fingerprint density at radius 1 is 0.508 bits per heavy atom. The largest absolute Gasteiger partial charge is 0.394 e. The molecule has 5 fully saturated rings. The number of thioether (sulfide) groups is 1. The number of hydrogen-bond donors (Lipinski definition) is 14. The van der Waals surface area contributed by atoms with Crippen molar-refractivity contribution in [2.24, 2.45) is 0 Å². The van der Waals surface area contributed by atoms with Crippen LogP contribution in [0, 0.1) is 0 Å². The van der Waals surface area contributed by atoms with Gasteiger partial charge in [0.1, 0.15) is 115 Å². The lowest BCUT2D eigenvalue weighted by molar-refractivity contribution is -0.388. The Kier molecular flexibility index (Phi) is 17.5. The van der Waals surface area contributed by atoms with Gasteiger partial charge in [-0.05, 0) is 19.6 Å². The second-order valence-corrected chi connectivity index (χ2v) is 16.5. The molecule has 25 heteroatoms. The number of amides is 1. The first-order chi connectivity index (χ1) is 27.9. The summed E-state index contributed by atoms with van der Waals surface area (Å²) in [5.41, 5.74) is -0.950. The molecule has 5 aliphatic heterocycles. The van der Waals surface area contributed by atoms with Crippen LogP contribution in [0.15, 0.2) is 0 Å². The summed E-state index contributed by atoms with van der Waals surface area (Å²) in [5.74, 6) is -0.295. The molecule has 1 amide bonds. The molecule has 0 radical (unpaired) electrons. The van der Waals surface area contributed by atoms with Crippen LogP contribution in [0.2, 0.25) is 0 Å². The van der Waals surface area contributed by atoms with E-state index in [1.165, 1.54) is 13.8 Å². The summed E-state index contributed by atoms with van der Waals surface area (Å²) < 4.78 is 52.8. The number of rotatable bonds is 14. The Morgan fingerprint density at radius 3 is 1.47 bits per heavy atom. The molecule has 0 bridgehead atoms. The van der Waals surface area contributed by atoms with E-state index in [9.17, 15) is 71.2 Å². The van der Waals surface area contributed by atoms with Gasteiger partial charge in [-0.2, -0.15) is 0 Å². The second-order valence-electron chi connectivity index (χ2n) is 15.1. The van der Waals surface area contributed by atoms with Crippen LogP contribution in [0.1, 0.15) is 27.7 Å². The second kappa shape index (κ2) is 21.1. The Labute approximate surface area is 342 Å². The van der Waals surface area contributed by atoms with Gasteiger partial charge in [0.25, 0.3) is 0 Å². The van der Waals surface area contributed by atoms with Crippen molar-refractivity contribution in [1.82, 2.24) is 5.32 Å². The molecule has 0 unspecified atom stereocenters. The van der Waals surface area contributed by atoms with Crippen LogP contribution in [0.25, 0.3) is 0 Å². The minimum absolute atomic E-state index is 0.484. The third-order valence-electron chi connectivity index (χ3n) is 11.0. The number of aliphatic hydroxyl groups is 13. The van der Waals surface area contributed by atoms with Gasteiger partial charge in [0.15, 0.2) is 25.2 Å². The molecule has 59 heavy (non-hydrogen) atoms. The minimum atomic E-state index is -2.04. The van der Waals surface area contributed by atoms with Gasteiger partial charge >= 0.3 is 0 Å². The average Bonchev–Trinajstić information content (AvgIpc) is 3.20. The van der Waals surface area contributed by atoms with Crippen molar-refractivity contribution in [3.8, 4) is 0 Å². The first kappa shape index (κ1) is 49.0. The quantitative estimate of drug-likeness (QED) is 0.0770. The lowest BCUT2D eigenvalue weighted by atomic mass is 9.93. The highest BCUT2D eigenvalue weighted by Crippen LogP contribution is 2.37. The standard InChI is InChI=1S/C34H59NO23S/c1-5-59-34-24(48)21(45)26(13(7-37)54-34)55-33-25(49)29(18(42)12(6-36)52-33)58-30-15(35-11(4)39)28(57-32-23(47)20(44)17(41)10(3)51-32)27(14(8-38)53-30)56-31-22(46)19(43)16(40)9(2)50-31/h9-10,12-34,36-38,40-49H,5-8H2,1-4H3,(H,35,39)/t9-,10+,12-,13-,14-,15-,16+,17-,18+,19+,20-,21-,22-,23+,24-,25-,26-,27-,28-,29+,30+,31+,32+,33+,34+/m1/s1. The number of hydrogen-bond acceptors (Lipinski definition) is 24. The highest BCUT2D eigenvalue weighted by atomic mass is 32.2. The van der Waals surface area contributed by atoms with E-state index < -0.39 is 178 Å². The summed E-state index contributed by atoms with van der Waals surface area (Å²) in [7, 11) is 0. The molecule has 5 aliphatic rings. The van der Waals surface area contributed by atoms with Crippen molar-refractivity contribution in [3.05, 3.63) is 0 Å². The van der Waals surface area contributed by atoms with Gasteiger partial charge in [0.2, 0.25) is 5.91 Å². The van der Waals surface area contributed by atoms with E-state index in [-0.39, 0.29) is 0 Å². The molecule has 25 atom stereocenters. The maximum Gasteiger partial charge on any atom is 0.217 e. The summed E-state index contributed by atoms with van der Waals surface area (Å²) in [6.07, 6.45) is -38.5. The Bertz CT molecular complexity index is 1330. The molecule has 24 nitrogen and oxygen atoms in total. The smallest absolute Gasteiger partial charge is 0.217 e. The predicted molar refractivity (Wildman–Crippen MR) is 191 cm³/mol. The van der Waals surface area contributed by atoms with Crippen LogP contribution in [0.5, 0.6) is 0 Å². The number of nitrogens with one attached hydrogen (secondary N) is 1. The maximum atomic E-state index is 12.8. The lowest BCUT2D eigenvalue weighted by Gasteiger charge is -2.51. The predicted octanol–water partition coefficient (Wildman–Crippen LogP) is -7.96. The van der Waals surface area contributed by atoms with E-state index in [0.29, 0.717) is 5.75 Å². The molecule has 0 spiro atoms. The molecule has 0 aromatic rings. The van der Waals surface area contributed by atoms with Crippen molar-refractivity contribution in [2.75, 3.05) is 25.6 Å². The van der Waals surface area contributed by atoms with Crippen LogP contribution in [0.4, 0.5) is 0 Å². The van der Waals surface area contributed by atoms with Crippen LogP contribution >= 0.6 is 11.8 Å². The van der Waals surface area contributed by atoms with E-state index >= 15 is 0 Å². The van der Waals surface area contributed by atoms with Gasteiger partial charge in [-0.25, -0.2) is 0 Å². The molecular weight excluding hydrogens is 822 g/mol. The van der Waals surface area contributed by atoms with Crippen LogP contribution in [0.3, 0.4) is 0 Å². The summed E-state index contributed by atoms with van der Waals surface area (Å²) in [6.45, 7) is 3.03. The maximum absolute atomic E-state index is 12.8. The minimum Gasteiger partial charge on any atom is -0.394 e. The summed E-state index contributed by atoms with van der Waals surface area (Å²) in [5, 5.41) is 141. The average molecular weight is 882 g/mol. The highest BCUT2D eigenvalue weighted by molar-refractivity contribution is 7.99. The van der Waals surface area contributed by atoms with Crippen molar-refractivity contribution < 1.29 is 114 Å². The lowest BCUT2D eigenvalue weighted by Crippen LogP contribution is -2.71. The van der Waals surface area contributed by atoms with E-state index in [1.54, 1.807) is 6.92 Å². The number of carbonyl (C=O) groups excluding carboxylic acids is 1. The zero-order chi connectivity index (χ0) is 43.6. The molecule has 0 saturated carbocycles. The Balaban J connectivity index is 1.48. The van der Waals surface area contributed by atoms with Crippen LogP contribution in [-0.4, -0.2) is 250 Å². The van der Waals surface area contributed by atoms with Gasteiger partial charge in [0.05, 0.1) is 32.0 Å². The molecule has 14 N–H and O–H groups in total. The topological polar surface area (TPSA) is 375 Å².